The number of alkyl halides is 1. The second-order valence-corrected chi connectivity index (χ2v) is 4.71. The number of ether oxygens (including phenoxy) is 1. The molecule has 0 aliphatic heterocycles. The fourth-order valence-electron chi connectivity index (χ4n) is 1.57. The summed E-state index contributed by atoms with van der Waals surface area (Å²) in [5, 5.41) is -0.108. The molecule has 1 amide bonds. The molecule has 0 heterocycles. The fourth-order valence-corrected chi connectivity index (χ4v) is 1.90. The van der Waals surface area contributed by atoms with Crippen molar-refractivity contribution in [1.29, 1.82) is 0 Å². The predicted molar refractivity (Wildman–Crippen MR) is 56.4 cm³/mol. The smallest absolute Gasteiger partial charge is 0.225 e. The van der Waals surface area contributed by atoms with E-state index in [4.69, 9.17) is 16.3 Å². The molecule has 0 aromatic carbocycles. The monoisotopic (exact) mass is 219 g/mol. The summed E-state index contributed by atoms with van der Waals surface area (Å²) in [6, 6.07) is 0. The number of methoxy groups -OCH3 is 1. The minimum atomic E-state index is -0.108. The molecule has 0 N–H and O–H groups in total. The number of halogens is 1. The van der Waals surface area contributed by atoms with Gasteiger partial charge in [0.15, 0.2) is 0 Å². The van der Waals surface area contributed by atoms with E-state index in [2.05, 4.69) is 6.92 Å². The van der Waals surface area contributed by atoms with Crippen LogP contribution in [0.25, 0.3) is 0 Å². The highest BCUT2D eigenvalue weighted by molar-refractivity contribution is 6.21. The number of carbonyl (C=O) groups excluding carboxylic acids is 1. The summed E-state index contributed by atoms with van der Waals surface area (Å²) in [5.41, 5.74) is 0. The zero-order valence-electron chi connectivity index (χ0n) is 9.00. The van der Waals surface area contributed by atoms with Crippen molar-refractivity contribution in [3.8, 4) is 0 Å². The summed E-state index contributed by atoms with van der Waals surface area (Å²) < 4.78 is 4.91. The second kappa shape index (κ2) is 4.99. The first-order chi connectivity index (χ1) is 6.56. The molecule has 1 rings (SSSR count). The molecule has 82 valence electrons. The number of rotatable bonds is 5. The average Bonchev–Trinajstić information content (AvgIpc) is 2.81. The van der Waals surface area contributed by atoms with Crippen molar-refractivity contribution in [1.82, 2.24) is 4.90 Å². The third-order valence-corrected chi connectivity index (χ3v) is 2.89. The van der Waals surface area contributed by atoms with Gasteiger partial charge in [0.1, 0.15) is 0 Å². The van der Waals surface area contributed by atoms with Crippen LogP contribution < -0.4 is 0 Å². The molecule has 4 heteroatoms. The molecule has 3 nitrogen and oxygen atoms in total. The van der Waals surface area contributed by atoms with Crippen LogP contribution in [0.5, 0.6) is 0 Å². The molecule has 1 aliphatic carbocycles. The van der Waals surface area contributed by atoms with Crippen molar-refractivity contribution in [3.63, 3.8) is 0 Å². The Morgan fingerprint density at radius 1 is 1.71 bits per heavy atom. The van der Waals surface area contributed by atoms with Crippen LogP contribution in [0.15, 0.2) is 0 Å². The van der Waals surface area contributed by atoms with Gasteiger partial charge in [0, 0.05) is 26.6 Å². The molecule has 0 aromatic heterocycles. The Kier molecular flexibility index (Phi) is 4.20. The highest BCUT2D eigenvalue weighted by Crippen LogP contribution is 2.38. The van der Waals surface area contributed by atoms with Gasteiger partial charge >= 0.3 is 0 Å². The highest BCUT2D eigenvalue weighted by Gasteiger charge is 2.40. The van der Waals surface area contributed by atoms with Crippen LogP contribution in [0, 0.1) is 11.8 Å². The lowest BCUT2D eigenvalue weighted by Crippen LogP contribution is -2.35. The van der Waals surface area contributed by atoms with E-state index in [9.17, 15) is 4.79 Å². The number of nitrogens with zero attached hydrogens (tertiary/aromatic N) is 1. The molecular formula is C10H18ClNO2. The molecule has 1 aliphatic rings. The van der Waals surface area contributed by atoms with Crippen LogP contribution in [0.2, 0.25) is 0 Å². The van der Waals surface area contributed by atoms with Crippen LogP contribution in [-0.2, 0) is 9.53 Å². The molecule has 14 heavy (non-hydrogen) atoms. The van der Waals surface area contributed by atoms with Gasteiger partial charge in [0.2, 0.25) is 5.91 Å². The maximum atomic E-state index is 11.7. The Bertz CT molecular complexity index is 210. The Morgan fingerprint density at radius 2 is 2.29 bits per heavy atom. The van der Waals surface area contributed by atoms with Gasteiger partial charge < -0.3 is 9.64 Å². The van der Waals surface area contributed by atoms with Crippen LogP contribution in [0.3, 0.4) is 0 Å². The SMILES string of the molecule is COCC(Cl)CN(C)C(=O)C1CC1C. The largest absolute Gasteiger partial charge is 0.383 e. The molecule has 3 atom stereocenters. The third-order valence-electron chi connectivity index (χ3n) is 2.62. The van der Waals surface area contributed by atoms with E-state index in [1.807, 2.05) is 0 Å². The summed E-state index contributed by atoms with van der Waals surface area (Å²) >= 11 is 5.96. The van der Waals surface area contributed by atoms with Gasteiger partial charge in [-0.2, -0.15) is 0 Å². The molecule has 1 fully saturated rings. The Hall–Kier alpha value is -0.280. The standard InChI is InChI=1S/C10H18ClNO2/c1-7-4-9(7)10(13)12(2)5-8(11)6-14-3/h7-9H,4-6H2,1-3H3. The topological polar surface area (TPSA) is 29.5 Å². The van der Waals surface area contributed by atoms with Crippen molar-refractivity contribution < 1.29 is 9.53 Å². The summed E-state index contributed by atoms with van der Waals surface area (Å²) in [4.78, 5) is 13.4. The highest BCUT2D eigenvalue weighted by atomic mass is 35.5. The quantitative estimate of drug-likeness (QED) is 0.654. The lowest BCUT2D eigenvalue weighted by Gasteiger charge is -2.20. The van der Waals surface area contributed by atoms with Crippen molar-refractivity contribution in [2.24, 2.45) is 11.8 Å². The van der Waals surface area contributed by atoms with Crippen molar-refractivity contribution in [3.05, 3.63) is 0 Å². The summed E-state index contributed by atoms with van der Waals surface area (Å²) in [7, 11) is 3.42. The van der Waals surface area contributed by atoms with Gasteiger partial charge in [-0.05, 0) is 12.3 Å². The first kappa shape index (κ1) is 11.8. The van der Waals surface area contributed by atoms with E-state index >= 15 is 0 Å². The van der Waals surface area contributed by atoms with Gasteiger partial charge in [0.05, 0.1) is 12.0 Å². The summed E-state index contributed by atoms with van der Waals surface area (Å²) in [6.45, 7) is 3.15. The fraction of sp³-hybridized carbons (Fsp3) is 0.900. The third kappa shape index (κ3) is 3.14. The number of hydrogen-bond acceptors (Lipinski definition) is 2. The molecule has 0 radical (unpaired) electrons. The number of hydrogen-bond donors (Lipinski definition) is 0. The van der Waals surface area contributed by atoms with E-state index in [1.165, 1.54) is 0 Å². The maximum Gasteiger partial charge on any atom is 0.225 e. The molecular weight excluding hydrogens is 202 g/mol. The molecule has 0 saturated heterocycles. The molecule has 0 spiro atoms. The zero-order chi connectivity index (χ0) is 10.7. The minimum Gasteiger partial charge on any atom is -0.383 e. The van der Waals surface area contributed by atoms with E-state index in [-0.39, 0.29) is 17.2 Å². The van der Waals surface area contributed by atoms with Crippen LogP contribution in [0.4, 0.5) is 0 Å². The molecule has 0 bridgehead atoms. The second-order valence-electron chi connectivity index (χ2n) is 4.09. The van der Waals surface area contributed by atoms with Crippen molar-refractivity contribution in [2.45, 2.75) is 18.7 Å². The van der Waals surface area contributed by atoms with Crippen LogP contribution in [0.1, 0.15) is 13.3 Å². The zero-order valence-corrected chi connectivity index (χ0v) is 9.75. The number of amides is 1. The van der Waals surface area contributed by atoms with Gasteiger partial charge in [-0.15, -0.1) is 11.6 Å². The van der Waals surface area contributed by atoms with Crippen LogP contribution >= 0.6 is 11.6 Å². The van der Waals surface area contributed by atoms with Gasteiger partial charge in [-0.1, -0.05) is 6.92 Å². The Morgan fingerprint density at radius 3 is 2.71 bits per heavy atom. The van der Waals surface area contributed by atoms with Gasteiger partial charge in [0.25, 0.3) is 0 Å². The van der Waals surface area contributed by atoms with E-state index < -0.39 is 0 Å². The number of carbonyl (C=O) groups is 1. The summed E-state index contributed by atoms with van der Waals surface area (Å²) in [5.74, 6) is 1.02. The molecule has 0 aromatic rings. The first-order valence-electron chi connectivity index (χ1n) is 4.94. The molecule has 3 unspecified atom stereocenters. The summed E-state index contributed by atoms with van der Waals surface area (Å²) in [6.07, 6.45) is 1.03. The van der Waals surface area contributed by atoms with E-state index in [1.54, 1.807) is 19.1 Å². The van der Waals surface area contributed by atoms with Crippen LogP contribution in [-0.4, -0.2) is 43.5 Å². The lowest BCUT2D eigenvalue weighted by molar-refractivity contribution is -0.131. The minimum absolute atomic E-state index is 0.108. The normalized spacial score (nSPS) is 27.1. The Labute approximate surface area is 90.4 Å². The van der Waals surface area contributed by atoms with Gasteiger partial charge in [-0.3, -0.25) is 4.79 Å². The van der Waals surface area contributed by atoms with E-state index in [0.29, 0.717) is 19.1 Å². The van der Waals surface area contributed by atoms with Crippen molar-refractivity contribution >= 4 is 17.5 Å². The maximum absolute atomic E-state index is 11.7. The van der Waals surface area contributed by atoms with E-state index in [0.717, 1.165) is 6.42 Å². The van der Waals surface area contributed by atoms with Gasteiger partial charge in [-0.25, -0.2) is 0 Å². The molecule has 1 saturated carbocycles. The first-order valence-corrected chi connectivity index (χ1v) is 5.38. The average molecular weight is 220 g/mol. The van der Waals surface area contributed by atoms with Crippen molar-refractivity contribution in [2.75, 3.05) is 27.3 Å². The lowest BCUT2D eigenvalue weighted by atomic mass is 10.3. The Balaban J connectivity index is 2.26. The predicted octanol–water partition coefficient (Wildman–Crippen LogP) is 1.35.